The summed E-state index contributed by atoms with van der Waals surface area (Å²) in [6.07, 6.45) is 2.49. The topological polar surface area (TPSA) is 104 Å². The standard InChI is InChI=1S/C8H22N4/c1-6(10)4-8(12)5-7(11)2-3-9/h6-8H,2-5,9-12H2,1H3. The van der Waals surface area contributed by atoms with E-state index < -0.39 is 0 Å². The average molecular weight is 174 g/mol. The summed E-state index contributed by atoms with van der Waals surface area (Å²) in [6, 6.07) is 0.403. The summed E-state index contributed by atoms with van der Waals surface area (Å²) < 4.78 is 0. The highest BCUT2D eigenvalue weighted by Crippen LogP contribution is 2.02. The van der Waals surface area contributed by atoms with Crippen LogP contribution in [0.3, 0.4) is 0 Å². The van der Waals surface area contributed by atoms with Crippen molar-refractivity contribution in [1.29, 1.82) is 0 Å². The van der Waals surface area contributed by atoms with Gasteiger partial charge in [0.25, 0.3) is 0 Å². The summed E-state index contributed by atoms with van der Waals surface area (Å²) in [5, 5.41) is 0. The van der Waals surface area contributed by atoms with E-state index in [4.69, 9.17) is 22.9 Å². The maximum atomic E-state index is 5.80. The Kier molecular flexibility index (Phi) is 6.28. The van der Waals surface area contributed by atoms with E-state index in [0.29, 0.717) is 6.54 Å². The summed E-state index contributed by atoms with van der Waals surface area (Å²) in [5.41, 5.74) is 22.5. The number of nitrogens with two attached hydrogens (primary N) is 4. The lowest BCUT2D eigenvalue weighted by Gasteiger charge is -2.18. The Morgan fingerprint density at radius 3 is 2.00 bits per heavy atom. The first kappa shape index (κ1) is 11.8. The molecule has 0 spiro atoms. The van der Waals surface area contributed by atoms with Crippen molar-refractivity contribution in [3.63, 3.8) is 0 Å². The summed E-state index contributed by atoms with van der Waals surface area (Å²) in [5.74, 6) is 0. The zero-order valence-electron chi connectivity index (χ0n) is 7.87. The van der Waals surface area contributed by atoms with E-state index >= 15 is 0 Å². The molecule has 12 heavy (non-hydrogen) atoms. The largest absolute Gasteiger partial charge is 0.330 e. The Balaban J connectivity index is 3.46. The molecule has 3 unspecified atom stereocenters. The Labute approximate surface area is 74.7 Å². The summed E-state index contributed by atoms with van der Waals surface area (Å²) in [4.78, 5) is 0. The van der Waals surface area contributed by atoms with Crippen molar-refractivity contribution in [2.75, 3.05) is 6.54 Å². The molecule has 0 aromatic heterocycles. The van der Waals surface area contributed by atoms with Gasteiger partial charge in [0.15, 0.2) is 0 Å². The molecule has 4 heteroatoms. The van der Waals surface area contributed by atoms with Gasteiger partial charge in [-0.2, -0.15) is 0 Å². The molecule has 0 rings (SSSR count). The molecular weight excluding hydrogens is 152 g/mol. The van der Waals surface area contributed by atoms with Crippen LogP contribution in [0.2, 0.25) is 0 Å². The Morgan fingerprint density at radius 1 is 1.00 bits per heavy atom. The van der Waals surface area contributed by atoms with Crippen LogP contribution < -0.4 is 22.9 Å². The fourth-order valence-electron chi connectivity index (χ4n) is 1.29. The van der Waals surface area contributed by atoms with Crippen molar-refractivity contribution in [2.45, 2.75) is 44.3 Å². The van der Waals surface area contributed by atoms with Crippen molar-refractivity contribution in [3.05, 3.63) is 0 Å². The van der Waals surface area contributed by atoms with E-state index in [1.165, 1.54) is 0 Å². The van der Waals surface area contributed by atoms with Crippen LogP contribution in [-0.4, -0.2) is 24.7 Å². The lowest BCUT2D eigenvalue weighted by atomic mass is 10.0. The minimum absolute atomic E-state index is 0.117. The molecule has 0 heterocycles. The molecule has 0 aromatic carbocycles. The summed E-state index contributed by atoms with van der Waals surface area (Å²) >= 11 is 0. The first-order chi connectivity index (χ1) is 5.56. The molecule has 4 nitrogen and oxygen atoms in total. The van der Waals surface area contributed by atoms with Gasteiger partial charge < -0.3 is 22.9 Å². The molecule has 0 saturated heterocycles. The molecule has 0 aliphatic rings. The Morgan fingerprint density at radius 2 is 1.58 bits per heavy atom. The van der Waals surface area contributed by atoms with Crippen molar-refractivity contribution in [3.8, 4) is 0 Å². The second-order valence-corrected chi connectivity index (χ2v) is 3.55. The quantitative estimate of drug-likeness (QED) is 0.419. The van der Waals surface area contributed by atoms with E-state index in [-0.39, 0.29) is 18.1 Å². The fraction of sp³-hybridized carbons (Fsp3) is 1.00. The summed E-state index contributed by atoms with van der Waals surface area (Å²) in [7, 11) is 0. The normalized spacial score (nSPS) is 18.8. The lowest BCUT2D eigenvalue weighted by molar-refractivity contribution is 0.456. The van der Waals surface area contributed by atoms with Gasteiger partial charge in [-0.1, -0.05) is 0 Å². The van der Waals surface area contributed by atoms with Crippen LogP contribution in [0.25, 0.3) is 0 Å². The number of hydrogen-bond acceptors (Lipinski definition) is 4. The van der Waals surface area contributed by atoms with Gasteiger partial charge in [-0.3, -0.25) is 0 Å². The highest BCUT2D eigenvalue weighted by molar-refractivity contribution is 4.73. The molecule has 0 saturated carbocycles. The van der Waals surface area contributed by atoms with Crippen LogP contribution in [0.4, 0.5) is 0 Å². The third-order valence-corrected chi connectivity index (χ3v) is 1.82. The van der Waals surface area contributed by atoms with Gasteiger partial charge in [0.2, 0.25) is 0 Å². The monoisotopic (exact) mass is 174 g/mol. The first-order valence-corrected chi connectivity index (χ1v) is 4.53. The molecular formula is C8H22N4. The third-order valence-electron chi connectivity index (χ3n) is 1.82. The zero-order valence-corrected chi connectivity index (χ0v) is 7.87. The van der Waals surface area contributed by atoms with Crippen molar-refractivity contribution in [1.82, 2.24) is 0 Å². The molecule has 0 fully saturated rings. The highest BCUT2D eigenvalue weighted by atomic mass is 14.7. The molecule has 0 aliphatic heterocycles. The molecule has 0 aliphatic carbocycles. The van der Waals surface area contributed by atoms with E-state index in [0.717, 1.165) is 19.3 Å². The van der Waals surface area contributed by atoms with Crippen LogP contribution in [0, 0.1) is 0 Å². The molecule has 0 aromatic rings. The van der Waals surface area contributed by atoms with E-state index in [1.54, 1.807) is 0 Å². The van der Waals surface area contributed by atoms with Crippen LogP contribution in [0.5, 0.6) is 0 Å². The van der Waals surface area contributed by atoms with Crippen molar-refractivity contribution < 1.29 is 0 Å². The van der Waals surface area contributed by atoms with E-state index in [2.05, 4.69) is 0 Å². The third kappa shape index (κ3) is 6.54. The Bertz CT molecular complexity index is 105. The highest BCUT2D eigenvalue weighted by Gasteiger charge is 2.10. The van der Waals surface area contributed by atoms with Gasteiger partial charge in [-0.25, -0.2) is 0 Å². The minimum Gasteiger partial charge on any atom is -0.330 e. The fourth-order valence-corrected chi connectivity index (χ4v) is 1.29. The van der Waals surface area contributed by atoms with Gasteiger partial charge in [0, 0.05) is 18.1 Å². The van der Waals surface area contributed by atoms with Gasteiger partial charge >= 0.3 is 0 Å². The average Bonchev–Trinajstić information content (AvgIpc) is 1.84. The van der Waals surface area contributed by atoms with Gasteiger partial charge in [-0.05, 0) is 32.7 Å². The maximum Gasteiger partial charge on any atom is 0.00681 e. The molecule has 3 atom stereocenters. The molecule has 8 N–H and O–H groups in total. The van der Waals surface area contributed by atoms with E-state index in [9.17, 15) is 0 Å². The van der Waals surface area contributed by atoms with Gasteiger partial charge in [-0.15, -0.1) is 0 Å². The van der Waals surface area contributed by atoms with Crippen molar-refractivity contribution >= 4 is 0 Å². The molecule has 0 bridgehead atoms. The van der Waals surface area contributed by atoms with Gasteiger partial charge in [0.05, 0.1) is 0 Å². The SMILES string of the molecule is CC(N)CC(N)CC(N)CCN. The molecule has 0 radical (unpaired) electrons. The van der Waals surface area contributed by atoms with Crippen LogP contribution in [-0.2, 0) is 0 Å². The predicted molar refractivity (Wildman–Crippen MR) is 52.5 cm³/mol. The second-order valence-electron chi connectivity index (χ2n) is 3.55. The summed E-state index contributed by atoms with van der Waals surface area (Å²) in [6.45, 7) is 2.58. The predicted octanol–water partition coefficient (Wildman–Crippen LogP) is -0.883. The van der Waals surface area contributed by atoms with E-state index in [1.807, 2.05) is 6.92 Å². The van der Waals surface area contributed by atoms with Crippen LogP contribution >= 0.6 is 0 Å². The second kappa shape index (κ2) is 6.37. The number of hydrogen-bond donors (Lipinski definition) is 4. The lowest BCUT2D eigenvalue weighted by Crippen LogP contribution is -2.36. The number of rotatable bonds is 6. The van der Waals surface area contributed by atoms with Gasteiger partial charge in [0.1, 0.15) is 0 Å². The van der Waals surface area contributed by atoms with Crippen molar-refractivity contribution in [2.24, 2.45) is 22.9 Å². The minimum atomic E-state index is 0.117. The first-order valence-electron chi connectivity index (χ1n) is 4.53. The van der Waals surface area contributed by atoms with Crippen LogP contribution in [0.15, 0.2) is 0 Å². The maximum absolute atomic E-state index is 5.80. The molecule has 74 valence electrons. The zero-order chi connectivity index (χ0) is 9.56. The Hall–Kier alpha value is -0.160. The van der Waals surface area contributed by atoms with Crippen LogP contribution in [0.1, 0.15) is 26.2 Å². The molecule has 0 amide bonds. The smallest absolute Gasteiger partial charge is 0.00681 e.